The summed E-state index contributed by atoms with van der Waals surface area (Å²) < 4.78 is 4.96. The number of likely N-dealkylation sites (N-methyl/N-ethyl adjacent to an activating group) is 1. The van der Waals surface area contributed by atoms with E-state index in [2.05, 4.69) is 10.6 Å². The van der Waals surface area contributed by atoms with Gasteiger partial charge in [-0.15, -0.1) is 0 Å². The maximum atomic E-state index is 12.1. The quantitative estimate of drug-likeness (QED) is 0.612. The molecule has 1 rings (SSSR count). The van der Waals surface area contributed by atoms with Crippen molar-refractivity contribution in [3.8, 4) is 0 Å². The van der Waals surface area contributed by atoms with E-state index in [1.807, 2.05) is 19.0 Å². The van der Waals surface area contributed by atoms with Gasteiger partial charge in [0.1, 0.15) is 0 Å². The minimum Gasteiger partial charge on any atom is -0.385 e. The van der Waals surface area contributed by atoms with Gasteiger partial charge in [0, 0.05) is 45.2 Å². The van der Waals surface area contributed by atoms with Gasteiger partial charge < -0.3 is 20.3 Å². The Kier molecular flexibility index (Phi) is 9.08. The maximum absolute atomic E-state index is 12.1. The SMILES string of the molecule is COCCCNC(=O)C1CCC(C(=O)NCCN(C)C)CC1. The molecule has 2 amide bonds. The standard InChI is InChI=1S/C16H31N3O3/c1-19(2)11-10-18-16(21)14-7-5-13(6-8-14)15(20)17-9-4-12-22-3/h13-14H,4-12H2,1-3H3,(H,17,20)(H,18,21). The van der Waals surface area contributed by atoms with Crippen molar-refractivity contribution in [2.45, 2.75) is 32.1 Å². The zero-order chi connectivity index (χ0) is 16.4. The summed E-state index contributed by atoms with van der Waals surface area (Å²) in [6.45, 7) is 2.87. The number of amides is 2. The molecule has 0 radical (unpaired) electrons. The highest BCUT2D eigenvalue weighted by atomic mass is 16.5. The summed E-state index contributed by atoms with van der Waals surface area (Å²) in [4.78, 5) is 26.1. The van der Waals surface area contributed by atoms with Gasteiger partial charge in [-0.1, -0.05) is 0 Å². The molecule has 6 nitrogen and oxygen atoms in total. The van der Waals surface area contributed by atoms with Crippen molar-refractivity contribution in [1.29, 1.82) is 0 Å². The highest BCUT2D eigenvalue weighted by Crippen LogP contribution is 2.29. The van der Waals surface area contributed by atoms with E-state index >= 15 is 0 Å². The second kappa shape index (κ2) is 10.6. The van der Waals surface area contributed by atoms with Crippen LogP contribution in [-0.4, -0.2) is 64.2 Å². The van der Waals surface area contributed by atoms with Crippen molar-refractivity contribution < 1.29 is 14.3 Å². The third-order valence-electron chi connectivity index (χ3n) is 4.15. The molecule has 22 heavy (non-hydrogen) atoms. The maximum Gasteiger partial charge on any atom is 0.223 e. The van der Waals surface area contributed by atoms with E-state index in [-0.39, 0.29) is 23.7 Å². The molecule has 0 heterocycles. The molecule has 1 aliphatic carbocycles. The number of hydrogen-bond donors (Lipinski definition) is 2. The number of nitrogens with zero attached hydrogens (tertiary/aromatic N) is 1. The first-order valence-corrected chi connectivity index (χ1v) is 8.23. The average molecular weight is 313 g/mol. The molecule has 2 N–H and O–H groups in total. The van der Waals surface area contributed by atoms with Crippen LogP contribution in [0.1, 0.15) is 32.1 Å². The lowest BCUT2D eigenvalue weighted by Crippen LogP contribution is -2.39. The topological polar surface area (TPSA) is 70.7 Å². The van der Waals surface area contributed by atoms with Gasteiger partial charge in [-0.25, -0.2) is 0 Å². The predicted octanol–water partition coefficient (Wildman–Crippen LogP) is 0.623. The van der Waals surface area contributed by atoms with Crippen molar-refractivity contribution in [1.82, 2.24) is 15.5 Å². The molecular formula is C16H31N3O3. The van der Waals surface area contributed by atoms with E-state index in [0.29, 0.717) is 19.7 Å². The lowest BCUT2D eigenvalue weighted by atomic mass is 9.81. The Morgan fingerprint density at radius 2 is 1.50 bits per heavy atom. The van der Waals surface area contributed by atoms with E-state index in [9.17, 15) is 9.59 Å². The fourth-order valence-electron chi connectivity index (χ4n) is 2.74. The highest BCUT2D eigenvalue weighted by molar-refractivity contribution is 5.81. The predicted molar refractivity (Wildman–Crippen MR) is 86.5 cm³/mol. The van der Waals surface area contributed by atoms with Crippen LogP contribution in [-0.2, 0) is 14.3 Å². The Hall–Kier alpha value is -1.14. The molecule has 1 fully saturated rings. The summed E-state index contributed by atoms with van der Waals surface area (Å²) in [5.41, 5.74) is 0. The third kappa shape index (κ3) is 7.22. The molecule has 0 atom stereocenters. The third-order valence-corrected chi connectivity index (χ3v) is 4.15. The van der Waals surface area contributed by atoms with Crippen LogP contribution in [0.5, 0.6) is 0 Å². The molecule has 1 saturated carbocycles. The van der Waals surface area contributed by atoms with Crippen molar-refractivity contribution in [3.63, 3.8) is 0 Å². The lowest BCUT2D eigenvalue weighted by molar-refractivity contribution is -0.130. The number of nitrogens with one attached hydrogen (secondary N) is 2. The average Bonchev–Trinajstić information content (AvgIpc) is 2.51. The zero-order valence-electron chi connectivity index (χ0n) is 14.2. The number of carbonyl (C=O) groups excluding carboxylic acids is 2. The summed E-state index contributed by atoms with van der Waals surface area (Å²) in [5.74, 6) is 0.399. The second-order valence-corrected chi connectivity index (χ2v) is 6.28. The fraction of sp³-hybridized carbons (Fsp3) is 0.875. The van der Waals surface area contributed by atoms with Gasteiger partial charge in [-0.2, -0.15) is 0 Å². The van der Waals surface area contributed by atoms with Gasteiger partial charge in [0.05, 0.1) is 0 Å². The minimum atomic E-state index is 0.0633. The van der Waals surface area contributed by atoms with Crippen LogP contribution in [0.3, 0.4) is 0 Å². The Morgan fingerprint density at radius 3 is 1.95 bits per heavy atom. The van der Waals surface area contributed by atoms with Gasteiger partial charge in [-0.05, 0) is 46.2 Å². The molecule has 0 unspecified atom stereocenters. The Labute approximate surface area is 134 Å². The Bertz CT molecular complexity index is 340. The summed E-state index contributed by atoms with van der Waals surface area (Å²) in [7, 11) is 5.64. The van der Waals surface area contributed by atoms with Crippen LogP contribution >= 0.6 is 0 Å². The first-order chi connectivity index (χ1) is 10.5. The lowest BCUT2D eigenvalue weighted by Gasteiger charge is -2.27. The molecule has 0 aromatic carbocycles. The van der Waals surface area contributed by atoms with Crippen molar-refractivity contribution in [2.24, 2.45) is 11.8 Å². The number of carbonyl (C=O) groups is 2. The van der Waals surface area contributed by atoms with Gasteiger partial charge >= 0.3 is 0 Å². The molecule has 0 aliphatic heterocycles. The van der Waals surface area contributed by atoms with Crippen LogP contribution in [0.15, 0.2) is 0 Å². The molecule has 6 heteroatoms. The van der Waals surface area contributed by atoms with Gasteiger partial charge in [0.25, 0.3) is 0 Å². The number of methoxy groups -OCH3 is 1. The zero-order valence-corrected chi connectivity index (χ0v) is 14.2. The molecule has 0 bridgehead atoms. The second-order valence-electron chi connectivity index (χ2n) is 6.28. The van der Waals surface area contributed by atoms with E-state index < -0.39 is 0 Å². The van der Waals surface area contributed by atoms with E-state index in [1.165, 1.54) is 0 Å². The van der Waals surface area contributed by atoms with Gasteiger partial charge in [0.15, 0.2) is 0 Å². The van der Waals surface area contributed by atoms with Crippen LogP contribution in [0, 0.1) is 11.8 Å². The van der Waals surface area contributed by atoms with Crippen LogP contribution < -0.4 is 10.6 Å². The highest BCUT2D eigenvalue weighted by Gasteiger charge is 2.29. The fourth-order valence-corrected chi connectivity index (χ4v) is 2.74. The molecule has 0 saturated heterocycles. The van der Waals surface area contributed by atoms with Crippen LogP contribution in [0.2, 0.25) is 0 Å². The normalized spacial score (nSPS) is 21.6. The Morgan fingerprint density at radius 1 is 1.00 bits per heavy atom. The summed E-state index contributed by atoms with van der Waals surface area (Å²) in [6.07, 6.45) is 4.07. The van der Waals surface area contributed by atoms with E-state index in [4.69, 9.17) is 4.74 Å². The molecule has 0 aromatic heterocycles. The van der Waals surface area contributed by atoms with Crippen LogP contribution in [0.25, 0.3) is 0 Å². The van der Waals surface area contributed by atoms with E-state index in [1.54, 1.807) is 7.11 Å². The number of rotatable bonds is 9. The van der Waals surface area contributed by atoms with Crippen LogP contribution in [0.4, 0.5) is 0 Å². The van der Waals surface area contributed by atoms with Crippen molar-refractivity contribution >= 4 is 11.8 Å². The van der Waals surface area contributed by atoms with E-state index in [0.717, 1.165) is 38.6 Å². The van der Waals surface area contributed by atoms with Crippen molar-refractivity contribution in [3.05, 3.63) is 0 Å². The van der Waals surface area contributed by atoms with Crippen molar-refractivity contribution in [2.75, 3.05) is 47.4 Å². The molecule has 1 aliphatic rings. The smallest absolute Gasteiger partial charge is 0.223 e. The molecular weight excluding hydrogens is 282 g/mol. The monoisotopic (exact) mass is 313 g/mol. The largest absolute Gasteiger partial charge is 0.385 e. The van der Waals surface area contributed by atoms with Gasteiger partial charge in [-0.3, -0.25) is 9.59 Å². The number of ether oxygens (including phenoxy) is 1. The number of hydrogen-bond acceptors (Lipinski definition) is 4. The molecule has 0 aromatic rings. The summed E-state index contributed by atoms with van der Waals surface area (Å²) >= 11 is 0. The van der Waals surface area contributed by atoms with Gasteiger partial charge in [0.2, 0.25) is 11.8 Å². The molecule has 128 valence electrons. The minimum absolute atomic E-state index is 0.0633. The first kappa shape index (κ1) is 18.9. The summed E-state index contributed by atoms with van der Waals surface area (Å²) in [5, 5.41) is 5.93. The first-order valence-electron chi connectivity index (χ1n) is 8.23. The Balaban J connectivity index is 2.19. The summed E-state index contributed by atoms with van der Waals surface area (Å²) in [6, 6.07) is 0. The molecule has 0 spiro atoms.